The molecular weight excluding hydrogens is 344 g/mol. The predicted molar refractivity (Wildman–Crippen MR) is 91.3 cm³/mol. The predicted octanol–water partition coefficient (Wildman–Crippen LogP) is 3.78. The summed E-state index contributed by atoms with van der Waals surface area (Å²) in [4.78, 5) is 12.1. The van der Waals surface area contributed by atoms with Gasteiger partial charge >= 0.3 is 0 Å². The van der Waals surface area contributed by atoms with E-state index < -0.39 is 0 Å². The fourth-order valence-electron chi connectivity index (χ4n) is 1.70. The van der Waals surface area contributed by atoms with Crippen molar-refractivity contribution in [2.45, 2.75) is 0 Å². The Balaban J connectivity index is 2.03. The van der Waals surface area contributed by atoms with E-state index in [4.69, 9.17) is 4.74 Å². The molecule has 0 spiro atoms. The molecule has 0 unspecified atom stereocenters. The van der Waals surface area contributed by atoms with Crippen molar-refractivity contribution in [1.82, 2.24) is 5.43 Å². The molecule has 0 atom stereocenters. The Bertz CT molecular complexity index is 681. The lowest BCUT2D eigenvalue weighted by Gasteiger charge is -2.08. The summed E-state index contributed by atoms with van der Waals surface area (Å²) in [6.45, 7) is 3.93. The highest BCUT2D eigenvalue weighted by Crippen LogP contribution is 2.17. The maximum Gasteiger partial charge on any atom is 0.275 e. The summed E-state index contributed by atoms with van der Waals surface area (Å²) < 4.78 is 6.44. The summed E-state index contributed by atoms with van der Waals surface area (Å²) in [5.41, 5.74) is 3.81. The lowest BCUT2D eigenvalue weighted by atomic mass is 10.2. The number of nitrogens with one attached hydrogen (secondary N) is 1. The summed E-state index contributed by atoms with van der Waals surface area (Å²) in [7, 11) is 0. The van der Waals surface area contributed by atoms with E-state index in [-0.39, 0.29) is 5.91 Å². The minimum Gasteiger partial charge on any atom is -0.489 e. The van der Waals surface area contributed by atoms with Crippen molar-refractivity contribution in [1.29, 1.82) is 0 Å². The van der Waals surface area contributed by atoms with Crippen LogP contribution in [0.1, 0.15) is 15.9 Å². The third kappa shape index (κ3) is 4.56. The van der Waals surface area contributed by atoms with Gasteiger partial charge < -0.3 is 4.74 Å². The molecule has 5 heteroatoms. The first-order chi connectivity index (χ1) is 10.7. The van der Waals surface area contributed by atoms with Gasteiger partial charge in [0.1, 0.15) is 12.4 Å². The first-order valence-corrected chi connectivity index (χ1v) is 7.41. The van der Waals surface area contributed by atoms with E-state index in [0.717, 1.165) is 10.0 Å². The monoisotopic (exact) mass is 358 g/mol. The maximum absolute atomic E-state index is 12.1. The largest absolute Gasteiger partial charge is 0.489 e. The van der Waals surface area contributed by atoms with E-state index >= 15 is 0 Å². The molecule has 2 aromatic rings. The van der Waals surface area contributed by atoms with Gasteiger partial charge in [0, 0.05) is 4.47 Å². The van der Waals surface area contributed by atoms with Crippen LogP contribution in [0.3, 0.4) is 0 Å². The van der Waals surface area contributed by atoms with Crippen LogP contribution in [0.25, 0.3) is 0 Å². The molecule has 4 nitrogen and oxygen atoms in total. The maximum atomic E-state index is 12.1. The topological polar surface area (TPSA) is 50.7 Å². The number of hydrogen-bond acceptors (Lipinski definition) is 3. The highest BCUT2D eigenvalue weighted by atomic mass is 79.9. The number of carbonyl (C=O) groups is 1. The van der Waals surface area contributed by atoms with E-state index in [1.165, 1.54) is 0 Å². The summed E-state index contributed by atoms with van der Waals surface area (Å²) in [5, 5.41) is 3.95. The molecule has 1 N–H and O–H groups in total. The smallest absolute Gasteiger partial charge is 0.275 e. The van der Waals surface area contributed by atoms with Crippen molar-refractivity contribution in [3.8, 4) is 5.75 Å². The number of nitrogens with zero attached hydrogens (tertiary/aromatic N) is 1. The van der Waals surface area contributed by atoms with E-state index in [9.17, 15) is 4.79 Å². The second-order valence-corrected chi connectivity index (χ2v) is 5.26. The molecule has 0 radical (unpaired) electrons. The molecule has 0 saturated carbocycles. The minimum absolute atomic E-state index is 0.326. The van der Waals surface area contributed by atoms with Crippen molar-refractivity contribution < 1.29 is 9.53 Å². The second kappa shape index (κ2) is 8.14. The summed E-state index contributed by atoms with van der Waals surface area (Å²) in [5.74, 6) is 0.173. The first-order valence-electron chi connectivity index (χ1n) is 6.62. The first kappa shape index (κ1) is 16.0. The Morgan fingerprint density at radius 1 is 1.23 bits per heavy atom. The normalized spacial score (nSPS) is 10.4. The Kier molecular flexibility index (Phi) is 5.91. The fraction of sp³-hybridized carbons (Fsp3) is 0.0588. The molecule has 0 bridgehead atoms. The van der Waals surface area contributed by atoms with Gasteiger partial charge in [-0.1, -0.05) is 52.9 Å². The molecule has 0 aliphatic carbocycles. The van der Waals surface area contributed by atoms with Crippen LogP contribution in [0, 0.1) is 0 Å². The Morgan fingerprint density at radius 3 is 2.68 bits per heavy atom. The summed E-state index contributed by atoms with van der Waals surface area (Å²) in [6.07, 6.45) is 3.21. The van der Waals surface area contributed by atoms with Crippen LogP contribution < -0.4 is 10.2 Å². The molecule has 1 amide bonds. The number of rotatable bonds is 6. The number of benzene rings is 2. The van der Waals surface area contributed by atoms with Gasteiger partial charge in [-0.2, -0.15) is 5.10 Å². The third-order valence-electron chi connectivity index (χ3n) is 2.74. The van der Waals surface area contributed by atoms with Gasteiger partial charge in [-0.3, -0.25) is 4.79 Å². The van der Waals surface area contributed by atoms with Gasteiger partial charge in [0.2, 0.25) is 0 Å². The number of carbonyl (C=O) groups excluding carboxylic acids is 1. The number of amides is 1. The van der Waals surface area contributed by atoms with Crippen LogP contribution in [0.5, 0.6) is 5.75 Å². The van der Waals surface area contributed by atoms with Crippen molar-refractivity contribution in [2.24, 2.45) is 5.10 Å². The van der Waals surface area contributed by atoms with Crippen LogP contribution >= 0.6 is 15.9 Å². The van der Waals surface area contributed by atoms with E-state index in [1.54, 1.807) is 36.6 Å². The summed E-state index contributed by atoms with van der Waals surface area (Å²) >= 11 is 3.36. The average Bonchev–Trinajstić information content (AvgIpc) is 2.55. The zero-order chi connectivity index (χ0) is 15.8. The lowest BCUT2D eigenvalue weighted by molar-refractivity contribution is 0.0951. The highest BCUT2D eigenvalue weighted by molar-refractivity contribution is 9.10. The molecule has 2 rings (SSSR count). The van der Waals surface area contributed by atoms with Crippen LogP contribution in [-0.2, 0) is 0 Å². The minimum atomic E-state index is -0.326. The van der Waals surface area contributed by atoms with E-state index in [1.807, 2.05) is 24.3 Å². The zero-order valence-electron chi connectivity index (χ0n) is 11.8. The van der Waals surface area contributed by atoms with Gasteiger partial charge in [0.15, 0.2) is 0 Å². The molecule has 2 aromatic carbocycles. The molecule has 22 heavy (non-hydrogen) atoms. The van der Waals surface area contributed by atoms with E-state index in [2.05, 4.69) is 33.0 Å². The Hall–Kier alpha value is -2.40. The quantitative estimate of drug-likeness (QED) is 0.485. The highest BCUT2D eigenvalue weighted by Gasteiger charge is 2.10. The molecular formula is C17H15BrN2O2. The van der Waals surface area contributed by atoms with Crippen molar-refractivity contribution in [3.05, 3.63) is 76.8 Å². The molecule has 112 valence electrons. The Morgan fingerprint density at radius 2 is 1.95 bits per heavy atom. The second-order valence-electron chi connectivity index (χ2n) is 4.35. The van der Waals surface area contributed by atoms with Crippen molar-refractivity contribution in [2.75, 3.05) is 6.61 Å². The van der Waals surface area contributed by atoms with Gasteiger partial charge in [-0.15, -0.1) is 0 Å². The molecule has 0 aliphatic heterocycles. The molecule has 0 aliphatic rings. The van der Waals surface area contributed by atoms with Crippen molar-refractivity contribution in [3.63, 3.8) is 0 Å². The lowest BCUT2D eigenvalue weighted by Crippen LogP contribution is -2.18. The van der Waals surface area contributed by atoms with Gasteiger partial charge in [-0.05, 0) is 29.8 Å². The van der Waals surface area contributed by atoms with Crippen LogP contribution in [0.2, 0.25) is 0 Å². The number of hydrazone groups is 1. The number of ether oxygens (including phenoxy) is 1. The Labute approximate surface area is 137 Å². The number of para-hydroxylation sites is 1. The SMILES string of the molecule is C=CCOc1ccccc1C(=O)NN=Cc1ccc(Br)cc1. The zero-order valence-corrected chi connectivity index (χ0v) is 13.4. The molecule has 0 aromatic heterocycles. The van der Waals surface area contributed by atoms with Crippen molar-refractivity contribution >= 4 is 28.1 Å². The number of hydrogen-bond donors (Lipinski definition) is 1. The average molecular weight is 359 g/mol. The third-order valence-corrected chi connectivity index (χ3v) is 3.27. The molecule has 0 fully saturated rings. The van der Waals surface area contributed by atoms with Crippen LogP contribution in [-0.4, -0.2) is 18.7 Å². The van der Waals surface area contributed by atoms with Gasteiger partial charge in [0.05, 0.1) is 11.8 Å². The number of halogens is 1. The van der Waals surface area contributed by atoms with Gasteiger partial charge in [-0.25, -0.2) is 5.43 Å². The summed E-state index contributed by atoms with van der Waals surface area (Å²) in [6, 6.07) is 14.6. The standard InChI is InChI=1S/C17H15BrN2O2/c1-2-11-22-16-6-4-3-5-15(16)17(21)20-19-12-13-7-9-14(18)10-8-13/h2-10,12H,1,11H2,(H,20,21). The van der Waals surface area contributed by atoms with Crippen LogP contribution in [0.4, 0.5) is 0 Å². The molecule has 0 heterocycles. The molecule has 0 saturated heterocycles. The fourth-order valence-corrected chi connectivity index (χ4v) is 1.97. The van der Waals surface area contributed by atoms with Gasteiger partial charge in [0.25, 0.3) is 5.91 Å². The van der Waals surface area contributed by atoms with E-state index in [0.29, 0.717) is 17.9 Å². The van der Waals surface area contributed by atoms with Crippen LogP contribution in [0.15, 0.2) is 70.8 Å².